The predicted octanol–water partition coefficient (Wildman–Crippen LogP) is 3.07. The first kappa shape index (κ1) is 16.5. The third-order valence-electron chi connectivity index (χ3n) is 3.64. The van der Waals surface area contributed by atoms with Crippen molar-refractivity contribution in [2.45, 2.75) is 0 Å². The average Bonchev–Trinajstić information content (AvgIpc) is 2.56. The first-order valence-electron chi connectivity index (χ1n) is 7.16. The number of rotatable bonds is 3. The number of ketones is 1. The molecule has 0 unspecified atom stereocenters. The number of halogens is 3. The van der Waals surface area contributed by atoms with Gasteiger partial charge in [-0.2, -0.15) is 0 Å². The van der Waals surface area contributed by atoms with Crippen LogP contribution in [-0.4, -0.2) is 10.4 Å². The lowest BCUT2D eigenvalue weighted by molar-refractivity contribution is 0.103. The van der Waals surface area contributed by atoms with E-state index in [4.69, 9.17) is 5.73 Å². The molecule has 3 aromatic rings. The monoisotopic (exact) mass is 344 g/mol. The van der Waals surface area contributed by atoms with E-state index in [1.807, 2.05) is 0 Å². The minimum absolute atomic E-state index is 0.140. The summed E-state index contributed by atoms with van der Waals surface area (Å²) in [6.45, 7) is 0. The van der Waals surface area contributed by atoms with Gasteiger partial charge >= 0.3 is 0 Å². The molecule has 0 saturated carbocycles. The van der Waals surface area contributed by atoms with Gasteiger partial charge in [0, 0.05) is 12.1 Å². The van der Waals surface area contributed by atoms with Crippen LogP contribution in [0.25, 0.3) is 5.69 Å². The van der Waals surface area contributed by atoms with E-state index in [1.54, 1.807) is 0 Å². The number of para-hydroxylation sites is 1. The second-order valence-electron chi connectivity index (χ2n) is 5.21. The van der Waals surface area contributed by atoms with Gasteiger partial charge in [0.25, 0.3) is 5.56 Å². The number of carbonyl (C=O) groups is 1. The van der Waals surface area contributed by atoms with Crippen LogP contribution in [0, 0.1) is 17.5 Å². The van der Waals surface area contributed by atoms with Gasteiger partial charge in [-0.15, -0.1) is 0 Å². The van der Waals surface area contributed by atoms with Gasteiger partial charge in [-0.05, 0) is 30.3 Å². The summed E-state index contributed by atoms with van der Waals surface area (Å²) in [7, 11) is 0. The van der Waals surface area contributed by atoms with Crippen LogP contribution in [0.2, 0.25) is 0 Å². The number of hydrogen-bond acceptors (Lipinski definition) is 3. The number of anilines is 1. The maximum absolute atomic E-state index is 14.0. The lowest BCUT2D eigenvalue weighted by Gasteiger charge is -2.13. The standard InChI is InChI=1S/C18H11F3N2O2/c19-10-5-6-11(14(21)9-10)17(25)12-7-8-16(24)23(18(12)22)15-4-2-1-3-13(15)20/h1-9H,22H2. The van der Waals surface area contributed by atoms with Crippen molar-refractivity contribution in [3.05, 3.63) is 93.5 Å². The highest BCUT2D eigenvalue weighted by Gasteiger charge is 2.20. The maximum Gasteiger partial charge on any atom is 0.256 e. The molecule has 0 bridgehead atoms. The summed E-state index contributed by atoms with van der Waals surface area (Å²) >= 11 is 0. The van der Waals surface area contributed by atoms with Crippen LogP contribution in [0.15, 0.2) is 59.4 Å². The fourth-order valence-electron chi connectivity index (χ4n) is 2.45. The topological polar surface area (TPSA) is 65.1 Å². The molecule has 7 heteroatoms. The van der Waals surface area contributed by atoms with Crippen LogP contribution in [0.5, 0.6) is 0 Å². The summed E-state index contributed by atoms with van der Waals surface area (Å²) in [5.41, 5.74) is 4.48. The average molecular weight is 344 g/mol. The van der Waals surface area contributed by atoms with Crippen LogP contribution in [0.4, 0.5) is 19.0 Å². The Bertz CT molecular complexity index is 1040. The third-order valence-corrected chi connectivity index (χ3v) is 3.64. The van der Waals surface area contributed by atoms with Crippen LogP contribution < -0.4 is 11.3 Å². The highest BCUT2D eigenvalue weighted by atomic mass is 19.1. The summed E-state index contributed by atoms with van der Waals surface area (Å²) in [6.07, 6.45) is 0. The van der Waals surface area contributed by atoms with Gasteiger partial charge in [-0.1, -0.05) is 12.1 Å². The highest BCUT2D eigenvalue weighted by Crippen LogP contribution is 2.21. The van der Waals surface area contributed by atoms with Crippen molar-refractivity contribution in [3.63, 3.8) is 0 Å². The Kier molecular flexibility index (Phi) is 4.14. The van der Waals surface area contributed by atoms with Gasteiger partial charge in [0.05, 0.1) is 16.8 Å². The lowest BCUT2D eigenvalue weighted by atomic mass is 10.0. The summed E-state index contributed by atoms with van der Waals surface area (Å²) in [4.78, 5) is 24.6. The fraction of sp³-hybridized carbons (Fsp3) is 0. The van der Waals surface area contributed by atoms with Gasteiger partial charge < -0.3 is 5.73 Å². The molecule has 0 saturated heterocycles. The second kappa shape index (κ2) is 6.27. The summed E-state index contributed by atoms with van der Waals surface area (Å²) in [6, 6.07) is 10.0. The number of hydrogen-bond donors (Lipinski definition) is 1. The molecule has 0 aliphatic heterocycles. The highest BCUT2D eigenvalue weighted by molar-refractivity contribution is 6.11. The van der Waals surface area contributed by atoms with E-state index >= 15 is 0 Å². The van der Waals surface area contributed by atoms with Gasteiger partial charge in [0.1, 0.15) is 23.3 Å². The number of carbonyl (C=O) groups excluding carboxylic acids is 1. The molecule has 0 atom stereocenters. The zero-order valence-electron chi connectivity index (χ0n) is 12.7. The first-order chi connectivity index (χ1) is 11.9. The summed E-state index contributed by atoms with van der Waals surface area (Å²) in [5, 5.41) is 0. The molecule has 0 spiro atoms. The molecule has 126 valence electrons. The summed E-state index contributed by atoms with van der Waals surface area (Å²) in [5.74, 6) is -3.80. The molecule has 0 amide bonds. The van der Waals surface area contributed by atoms with E-state index in [9.17, 15) is 22.8 Å². The molecule has 1 aromatic heterocycles. The third kappa shape index (κ3) is 2.91. The zero-order chi connectivity index (χ0) is 18.1. The van der Waals surface area contributed by atoms with E-state index in [0.29, 0.717) is 6.07 Å². The zero-order valence-corrected chi connectivity index (χ0v) is 12.7. The van der Waals surface area contributed by atoms with E-state index < -0.39 is 34.4 Å². The van der Waals surface area contributed by atoms with Crippen LogP contribution in [0.1, 0.15) is 15.9 Å². The summed E-state index contributed by atoms with van der Waals surface area (Å²) < 4.78 is 41.7. The molecule has 2 aromatic carbocycles. The fourth-order valence-corrected chi connectivity index (χ4v) is 2.45. The molecule has 0 radical (unpaired) electrons. The van der Waals surface area contributed by atoms with Crippen molar-refractivity contribution >= 4 is 11.6 Å². The SMILES string of the molecule is Nc1c(C(=O)c2ccc(F)cc2F)ccc(=O)n1-c1ccccc1F. The molecule has 0 fully saturated rings. The van der Waals surface area contributed by atoms with Crippen LogP contribution >= 0.6 is 0 Å². The number of nitrogen functional groups attached to an aromatic ring is 1. The largest absolute Gasteiger partial charge is 0.384 e. The van der Waals surface area contributed by atoms with E-state index in [1.165, 1.54) is 18.2 Å². The number of aromatic nitrogens is 1. The molecule has 0 aliphatic carbocycles. The van der Waals surface area contributed by atoms with Crippen molar-refractivity contribution in [2.75, 3.05) is 5.73 Å². The Morgan fingerprint density at radius 3 is 2.24 bits per heavy atom. The number of pyridine rings is 1. The van der Waals surface area contributed by atoms with Crippen molar-refractivity contribution < 1.29 is 18.0 Å². The van der Waals surface area contributed by atoms with E-state index in [2.05, 4.69) is 0 Å². The number of nitrogens with zero attached hydrogens (tertiary/aromatic N) is 1. The number of nitrogens with two attached hydrogens (primary N) is 1. The normalized spacial score (nSPS) is 10.7. The molecule has 25 heavy (non-hydrogen) atoms. The Morgan fingerprint density at radius 1 is 0.880 bits per heavy atom. The Morgan fingerprint density at radius 2 is 1.56 bits per heavy atom. The molecule has 1 heterocycles. The molecule has 3 rings (SSSR count). The van der Waals surface area contributed by atoms with Gasteiger partial charge in [0.2, 0.25) is 0 Å². The first-order valence-corrected chi connectivity index (χ1v) is 7.16. The van der Waals surface area contributed by atoms with Crippen molar-refractivity contribution in [1.29, 1.82) is 0 Å². The maximum atomic E-state index is 14.0. The Labute approximate surface area is 139 Å². The van der Waals surface area contributed by atoms with E-state index in [-0.39, 0.29) is 17.1 Å². The van der Waals surface area contributed by atoms with Gasteiger partial charge in [0.15, 0.2) is 5.78 Å². The number of benzene rings is 2. The Balaban J connectivity index is 2.19. The molecular formula is C18H11F3N2O2. The van der Waals surface area contributed by atoms with Crippen molar-refractivity contribution in [1.82, 2.24) is 4.57 Å². The lowest BCUT2D eigenvalue weighted by Crippen LogP contribution is -2.24. The molecule has 4 nitrogen and oxygen atoms in total. The second-order valence-corrected chi connectivity index (χ2v) is 5.21. The molecule has 0 aliphatic rings. The molecular weight excluding hydrogens is 333 g/mol. The van der Waals surface area contributed by atoms with E-state index in [0.717, 1.165) is 34.9 Å². The van der Waals surface area contributed by atoms with Gasteiger partial charge in [-0.3, -0.25) is 14.2 Å². The Hall–Kier alpha value is -3.35. The van der Waals surface area contributed by atoms with Gasteiger partial charge in [-0.25, -0.2) is 13.2 Å². The van der Waals surface area contributed by atoms with Crippen molar-refractivity contribution in [2.24, 2.45) is 0 Å². The van der Waals surface area contributed by atoms with Crippen LogP contribution in [-0.2, 0) is 0 Å². The molecule has 2 N–H and O–H groups in total. The van der Waals surface area contributed by atoms with Crippen molar-refractivity contribution in [3.8, 4) is 5.69 Å². The smallest absolute Gasteiger partial charge is 0.256 e. The minimum atomic E-state index is -1.06. The quantitative estimate of drug-likeness (QED) is 0.743. The minimum Gasteiger partial charge on any atom is -0.384 e. The van der Waals surface area contributed by atoms with Crippen LogP contribution in [0.3, 0.4) is 0 Å². The predicted molar refractivity (Wildman–Crippen MR) is 86.2 cm³/mol.